The molecule has 1 aliphatic carbocycles. The van der Waals surface area contributed by atoms with E-state index in [0.29, 0.717) is 6.04 Å². The molecule has 0 aliphatic heterocycles. The zero-order valence-corrected chi connectivity index (χ0v) is 12.3. The molecule has 0 amide bonds. The van der Waals surface area contributed by atoms with Gasteiger partial charge in [0.2, 0.25) is 0 Å². The van der Waals surface area contributed by atoms with Crippen LogP contribution in [0.5, 0.6) is 0 Å². The summed E-state index contributed by atoms with van der Waals surface area (Å²) in [5.41, 5.74) is 4.29. The van der Waals surface area contributed by atoms with Gasteiger partial charge in [0.1, 0.15) is 11.5 Å². The van der Waals surface area contributed by atoms with E-state index in [1.807, 2.05) is 6.07 Å². The van der Waals surface area contributed by atoms with Gasteiger partial charge in [0.15, 0.2) is 5.82 Å². The fraction of sp³-hybridized carbons (Fsp3) is 0.294. The van der Waals surface area contributed by atoms with Crippen LogP contribution in [0.1, 0.15) is 24.1 Å². The number of benzene rings is 1. The second-order valence-electron chi connectivity index (χ2n) is 5.90. The van der Waals surface area contributed by atoms with Gasteiger partial charge in [-0.1, -0.05) is 23.8 Å². The molecule has 0 spiro atoms. The monoisotopic (exact) mass is 278 g/mol. The van der Waals surface area contributed by atoms with Crippen molar-refractivity contribution in [3.05, 3.63) is 41.6 Å². The van der Waals surface area contributed by atoms with Crippen LogP contribution in [0.4, 0.5) is 5.82 Å². The molecule has 0 atom stereocenters. The van der Waals surface area contributed by atoms with E-state index >= 15 is 0 Å². The highest BCUT2D eigenvalue weighted by Gasteiger charge is 2.23. The number of aromatic amines is 1. The molecule has 0 bridgehead atoms. The van der Waals surface area contributed by atoms with Gasteiger partial charge in [0.05, 0.1) is 5.39 Å². The fourth-order valence-corrected chi connectivity index (χ4v) is 2.59. The van der Waals surface area contributed by atoms with Crippen molar-refractivity contribution < 1.29 is 0 Å². The summed E-state index contributed by atoms with van der Waals surface area (Å²) in [6.07, 6.45) is 2.46. The molecule has 2 N–H and O–H groups in total. The maximum absolute atomic E-state index is 4.76. The fourth-order valence-electron chi connectivity index (χ4n) is 2.59. The SMILES string of the molecule is Cc1cccc(-c2nc(NC3CC3)c3cc(C)[nH]c3n2)c1. The molecule has 3 aromatic rings. The van der Waals surface area contributed by atoms with Gasteiger partial charge in [-0.05, 0) is 38.8 Å². The van der Waals surface area contributed by atoms with Gasteiger partial charge in [0.25, 0.3) is 0 Å². The average Bonchev–Trinajstić information content (AvgIpc) is 3.18. The normalized spacial score (nSPS) is 14.6. The number of hydrogen-bond donors (Lipinski definition) is 2. The lowest BCUT2D eigenvalue weighted by molar-refractivity contribution is 1.10. The number of anilines is 1. The smallest absolute Gasteiger partial charge is 0.163 e. The van der Waals surface area contributed by atoms with Gasteiger partial charge in [-0.15, -0.1) is 0 Å². The first-order chi connectivity index (χ1) is 10.2. The van der Waals surface area contributed by atoms with Crippen molar-refractivity contribution in [3.8, 4) is 11.4 Å². The van der Waals surface area contributed by atoms with Crippen LogP contribution in [0.3, 0.4) is 0 Å². The molecule has 2 heterocycles. The summed E-state index contributed by atoms with van der Waals surface area (Å²) in [5, 5.41) is 4.61. The molecule has 21 heavy (non-hydrogen) atoms. The maximum Gasteiger partial charge on any atom is 0.163 e. The van der Waals surface area contributed by atoms with Crippen LogP contribution in [0.15, 0.2) is 30.3 Å². The van der Waals surface area contributed by atoms with Crippen LogP contribution in [0.25, 0.3) is 22.4 Å². The minimum absolute atomic E-state index is 0.573. The van der Waals surface area contributed by atoms with Crippen LogP contribution in [-0.2, 0) is 0 Å². The number of H-pyrrole nitrogens is 1. The molecule has 1 aliphatic rings. The number of nitrogens with one attached hydrogen (secondary N) is 2. The number of nitrogens with zero attached hydrogens (tertiary/aromatic N) is 2. The lowest BCUT2D eigenvalue weighted by Crippen LogP contribution is -2.05. The van der Waals surface area contributed by atoms with Crippen LogP contribution in [0, 0.1) is 13.8 Å². The first-order valence-corrected chi connectivity index (χ1v) is 7.40. The molecule has 0 saturated heterocycles. The van der Waals surface area contributed by atoms with Gasteiger partial charge < -0.3 is 10.3 Å². The van der Waals surface area contributed by atoms with E-state index in [0.717, 1.165) is 33.9 Å². The number of aromatic nitrogens is 3. The minimum Gasteiger partial charge on any atom is -0.367 e. The summed E-state index contributed by atoms with van der Waals surface area (Å²) in [6, 6.07) is 11.0. The van der Waals surface area contributed by atoms with Crippen LogP contribution >= 0.6 is 0 Å². The van der Waals surface area contributed by atoms with E-state index in [1.54, 1.807) is 0 Å². The van der Waals surface area contributed by atoms with Gasteiger partial charge in [-0.2, -0.15) is 0 Å². The maximum atomic E-state index is 4.76. The minimum atomic E-state index is 0.573. The molecule has 106 valence electrons. The number of fused-ring (bicyclic) bond motifs is 1. The summed E-state index contributed by atoms with van der Waals surface area (Å²) in [4.78, 5) is 12.8. The molecule has 4 rings (SSSR count). The number of hydrogen-bond acceptors (Lipinski definition) is 3. The lowest BCUT2D eigenvalue weighted by Gasteiger charge is -2.08. The molecule has 1 aromatic carbocycles. The molecule has 0 unspecified atom stereocenters. The first-order valence-electron chi connectivity index (χ1n) is 7.40. The van der Waals surface area contributed by atoms with E-state index in [9.17, 15) is 0 Å². The largest absolute Gasteiger partial charge is 0.367 e. The van der Waals surface area contributed by atoms with Crippen LogP contribution < -0.4 is 5.32 Å². The van der Waals surface area contributed by atoms with Gasteiger partial charge >= 0.3 is 0 Å². The zero-order valence-electron chi connectivity index (χ0n) is 12.3. The zero-order chi connectivity index (χ0) is 14.4. The highest BCUT2D eigenvalue weighted by Crippen LogP contribution is 2.30. The standard InChI is InChI=1S/C17H18N4/c1-10-4-3-5-12(8-10)15-20-16-14(9-11(2)18-16)17(21-15)19-13-6-7-13/h3-5,8-9,13H,6-7H2,1-2H3,(H2,18,19,20,21). The van der Waals surface area contributed by atoms with E-state index in [1.165, 1.54) is 18.4 Å². The van der Waals surface area contributed by atoms with Crippen LogP contribution in [0.2, 0.25) is 0 Å². The third kappa shape index (κ3) is 2.37. The Labute approximate surface area is 123 Å². The van der Waals surface area contributed by atoms with Crippen molar-refractivity contribution in [2.75, 3.05) is 5.32 Å². The Kier molecular flexibility index (Phi) is 2.70. The Hall–Kier alpha value is -2.36. The summed E-state index contributed by atoms with van der Waals surface area (Å²) in [6.45, 7) is 4.14. The van der Waals surface area contributed by atoms with Crippen molar-refractivity contribution in [3.63, 3.8) is 0 Å². The quantitative estimate of drug-likeness (QED) is 0.766. The molecular weight excluding hydrogens is 260 g/mol. The Morgan fingerprint density at radius 2 is 2.00 bits per heavy atom. The Bertz CT molecular complexity index is 815. The van der Waals surface area contributed by atoms with Gasteiger partial charge in [0, 0.05) is 17.3 Å². The Morgan fingerprint density at radius 1 is 1.14 bits per heavy atom. The van der Waals surface area contributed by atoms with Crippen molar-refractivity contribution >= 4 is 16.9 Å². The van der Waals surface area contributed by atoms with Crippen molar-refractivity contribution in [2.24, 2.45) is 0 Å². The van der Waals surface area contributed by atoms with Crippen LogP contribution in [-0.4, -0.2) is 21.0 Å². The molecular formula is C17H18N4. The topological polar surface area (TPSA) is 53.6 Å². The van der Waals surface area contributed by atoms with Crippen molar-refractivity contribution in [2.45, 2.75) is 32.7 Å². The average molecular weight is 278 g/mol. The summed E-state index contributed by atoms with van der Waals surface area (Å²) >= 11 is 0. The molecule has 4 nitrogen and oxygen atoms in total. The van der Waals surface area contributed by atoms with E-state index < -0.39 is 0 Å². The predicted octanol–water partition coefficient (Wildman–Crippen LogP) is 3.82. The van der Waals surface area contributed by atoms with Crippen molar-refractivity contribution in [1.29, 1.82) is 0 Å². The Balaban J connectivity index is 1.88. The van der Waals surface area contributed by atoms with E-state index in [-0.39, 0.29) is 0 Å². The number of aryl methyl sites for hydroxylation is 2. The third-order valence-electron chi connectivity index (χ3n) is 3.82. The third-order valence-corrected chi connectivity index (χ3v) is 3.82. The first kappa shape index (κ1) is 12.4. The second kappa shape index (κ2) is 4.58. The van der Waals surface area contributed by atoms with E-state index in [2.05, 4.69) is 53.4 Å². The molecule has 2 aromatic heterocycles. The summed E-state index contributed by atoms with van der Waals surface area (Å²) in [7, 11) is 0. The predicted molar refractivity (Wildman–Crippen MR) is 85.4 cm³/mol. The number of rotatable bonds is 3. The summed E-state index contributed by atoms with van der Waals surface area (Å²) in [5.74, 6) is 1.72. The van der Waals surface area contributed by atoms with Crippen molar-refractivity contribution in [1.82, 2.24) is 15.0 Å². The molecule has 1 saturated carbocycles. The molecule has 1 fully saturated rings. The van der Waals surface area contributed by atoms with E-state index in [4.69, 9.17) is 4.98 Å². The van der Waals surface area contributed by atoms with Gasteiger partial charge in [-0.3, -0.25) is 0 Å². The molecule has 4 heteroatoms. The van der Waals surface area contributed by atoms with Gasteiger partial charge in [-0.25, -0.2) is 9.97 Å². The highest BCUT2D eigenvalue weighted by molar-refractivity contribution is 5.89. The molecule has 0 radical (unpaired) electrons. The highest BCUT2D eigenvalue weighted by atomic mass is 15.1. The lowest BCUT2D eigenvalue weighted by atomic mass is 10.1. The summed E-state index contributed by atoms with van der Waals surface area (Å²) < 4.78 is 0. The Morgan fingerprint density at radius 3 is 2.76 bits per heavy atom. The second-order valence-corrected chi connectivity index (χ2v) is 5.90.